The second-order valence-corrected chi connectivity index (χ2v) is 45.0. The number of amides is 3. The number of carboxylic acid groups (broad SMARTS) is 1. The predicted molar refractivity (Wildman–Crippen MR) is 494 cm³/mol. The Labute approximate surface area is 809 Å². The van der Waals surface area contributed by atoms with Crippen LogP contribution in [-0.4, -0.2) is 168 Å². The maximum atomic E-state index is 15.2. The highest BCUT2D eigenvalue weighted by molar-refractivity contribution is 7.92. The largest absolute Gasteiger partial charge is 0.478 e. The van der Waals surface area contributed by atoms with Crippen LogP contribution in [0, 0.1) is 35.2 Å². The van der Waals surface area contributed by atoms with Crippen LogP contribution >= 0.6 is 69.6 Å². The number of piperidine rings is 3. The van der Waals surface area contributed by atoms with E-state index in [-0.39, 0.29) is 122 Å². The van der Waals surface area contributed by atoms with E-state index in [1.807, 2.05) is 0 Å². The van der Waals surface area contributed by atoms with Crippen molar-refractivity contribution in [3.05, 3.63) is 207 Å². The first-order chi connectivity index (χ1) is 64.9. The molecule has 3 aliphatic heterocycles. The minimum Gasteiger partial charge on any atom is -0.478 e. The highest BCUT2D eigenvalue weighted by Gasteiger charge is 2.56. The van der Waals surface area contributed by atoms with Gasteiger partial charge in [-0.05, 0) is 226 Å². The zero-order valence-electron chi connectivity index (χ0n) is 72.5. The number of nitrogens with zero attached hydrogens (tertiary/aromatic N) is 6. The maximum absolute atomic E-state index is 15.2. The standard InChI is InChI=1S/C32H31Cl2FN2O7S.C31H30Cl2FN3O7S.C26H21Cl2FN2O5.C5H11NO3S/c33-22-3-1-4-23(34)29(22)30-21(31(44-36-30)16-7-8-16)14-43-27-13-18-11-20(27)32(40)37(18)17-9-10-19(24(35)12-17)26(39)15-45(41,42)28-6-2-5-25(28)38;32-21-3-1-4-22(33)27(21)28-20(29(44-36-28)15-7-8-15)14-42-25-13-17-11-19(25)30(38)37(17)16-9-10-18(23(34)12-16)31(39)43-24-5-2-6-26(24)45(35,40)41;27-18-2-1-3-19(28)22(18)23-17(24(36-30-23)12-4-5-12)11-35-21-10-14-8-16(21)25(32)31(14)13-6-7-15(26(33)34)20(29)9-13;6-10(8,9)5-3-1-2-4(5)7/h1,3-4,9-10,12,16,18,20,25,27-28,38H,2,5-8,11,13-15H2;1,3-4,9-10,12,15,17,19,24-26H,2,5-8,11,13-14H2,(H2,35,40,41);1-3,6-7,9,12,14,16,21H,4-5,8,10-11H2,(H,33,34);4-5,7H,1-3H2,(H2,6,8,9)/t18-,20+,25+,27+,28+;17-,19+,24+,25+,26?;14-,16+,21+;4-,5-/m0001/s1. The summed E-state index contributed by atoms with van der Waals surface area (Å²) in [6.45, 7) is 0.543. The van der Waals surface area contributed by atoms with Crippen molar-refractivity contribution in [2.24, 2.45) is 28.0 Å². The van der Waals surface area contributed by atoms with Crippen molar-refractivity contribution in [1.82, 2.24) is 15.5 Å². The number of carboxylic acids is 1. The van der Waals surface area contributed by atoms with Gasteiger partial charge in [-0.3, -0.25) is 19.2 Å². The Balaban J connectivity index is 0.000000130. The molecule has 1 unspecified atom stereocenters. The summed E-state index contributed by atoms with van der Waals surface area (Å²) >= 11 is 38.8. The molecule has 6 bridgehead atoms. The number of esters is 1. The number of aliphatic hydroxyl groups excluding tert-OH is 2. The summed E-state index contributed by atoms with van der Waals surface area (Å²) < 4.78 is 156. The van der Waals surface area contributed by atoms with Gasteiger partial charge in [0.15, 0.2) is 15.6 Å². The molecule has 3 amide bonds. The molecule has 6 aromatic carbocycles. The van der Waals surface area contributed by atoms with Crippen LogP contribution in [0.25, 0.3) is 33.8 Å². The van der Waals surface area contributed by atoms with Gasteiger partial charge in [0.2, 0.25) is 37.8 Å². The first kappa shape index (κ1) is 97.3. The first-order valence-corrected chi connectivity index (χ1v) is 52.2. The van der Waals surface area contributed by atoms with Crippen molar-refractivity contribution in [1.29, 1.82) is 0 Å². The molecule has 7 N–H and O–H groups in total. The van der Waals surface area contributed by atoms with E-state index in [2.05, 4.69) is 15.5 Å². The number of rotatable bonds is 27. The fourth-order valence-electron chi connectivity index (χ4n) is 20.8. The molecule has 0 radical (unpaired) electrons. The number of fused-ring (bicyclic) bond motifs is 6. The van der Waals surface area contributed by atoms with Crippen molar-refractivity contribution >= 4 is 152 Å². The molecule has 3 saturated heterocycles. The van der Waals surface area contributed by atoms with E-state index in [1.54, 1.807) is 64.4 Å². The number of ether oxygens (including phenoxy) is 4. The number of Topliss-reactive ketones (excluding diaryl/α,β-unsaturated/α-hetero) is 1. The van der Waals surface area contributed by atoms with E-state index >= 15 is 8.78 Å². The van der Waals surface area contributed by atoms with E-state index < -0.39 is 122 Å². The van der Waals surface area contributed by atoms with Crippen molar-refractivity contribution in [2.75, 3.05) is 20.5 Å². The second-order valence-electron chi connectivity index (χ2n) is 36.8. The van der Waals surface area contributed by atoms with Crippen LogP contribution in [0.3, 0.4) is 0 Å². The molecule has 21 rings (SSSR count). The molecule has 15 atom stereocenters. The number of aromatic carboxylic acids is 1. The quantitative estimate of drug-likeness (QED) is 0.0236. The van der Waals surface area contributed by atoms with Crippen molar-refractivity contribution < 1.29 is 115 Å². The molecule has 6 heterocycles. The minimum atomic E-state index is -3.94. The van der Waals surface area contributed by atoms with Crippen molar-refractivity contribution in [2.45, 2.75) is 243 Å². The summed E-state index contributed by atoms with van der Waals surface area (Å²) in [5.74, 6) is -5.40. The lowest BCUT2D eigenvalue weighted by molar-refractivity contribution is -0.127. The lowest BCUT2D eigenvalue weighted by Gasteiger charge is -2.31. The topological polar surface area (TPSA) is 442 Å². The number of sulfone groups is 1. The molecule has 12 aliphatic rings. The number of ketones is 1. The van der Waals surface area contributed by atoms with Gasteiger partial charge in [0.1, 0.15) is 74.2 Å². The predicted octanol–water partition coefficient (Wildman–Crippen LogP) is 16.9. The average molecular weight is 2050 g/mol. The number of halogens is 9. The zero-order valence-corrected chi connectivity index (χ0v) is 79.5. The van der Waals surface area contributed by atoms with Gasteiger partial charge < -0.3 is 62.5 Å². The summed E-state index contributed by atoms with van der Waals surface area (Å²) in [4.78, 5) is 81.4. The van der Waals surface area contributed by atoms with Crippen LogP contribution < -0.4 is 25.0 Å². The fraction of sp³-hybridized carbons (Fsp3) is 0.457. The molecule has 30 nitrogen and oxygen atoms in total. The van der Waals surface area contributed by atoms with E-state index in [0.29, 0.717) is 158 Å². The SMILES string of the molecule is NS(=O)(=O)C1CCC[C@H]1OC(=O)c1ccc(N2C(=O)[C@@H]3C[C@H]2C[C@H]3OCc2c(-c3c(Cl)cccc3Cl)noc2C2CC2)cc1F.NS(=O)(=O)[C@@H]1CCC[C@H]1O.O=C(CS(=O)(=O)[C@@H]1CCC[C@H]1O)c1ccc(N2C(=O)[C@@H]3C[C@H]2C[C@H]3OCc2c(-c3c(Cl)cccc3Cl)noc2C2CC2)cc1F.O=C(O)c1ccc(N2C(=O)[C@@H]3C[C@H]2C[C@H]3OCc2c(-c3c(Cl)cccc3Cl)noc2C2CC2)cc1F. The van der Waals surface area contributed by atoms with Gasteiger partial charge in [-0.2, -0.15) is 0 Å². The van der Waals surface area contributed by atoms with Crippen molar-refractivity contribution in [3.63, 3.8) is 0 Å². The molecule has 9 aromatic rings. The molecule has 3 aromatic heterocycles. The van der Waals surface area contributed by atoms with Crippen LogP contribution in [0.1, 0.15) is 218 Å². The normalized spacial score (nSPS) is 26.0. The molecule has 12 fully saturated rings. The number of benzene rings is 6. The Morgan fingerprint density at radius 3 is 1.04 bits per heavy atom. The molecule has 722 valence electrons. The monoisotopic (exact) mass is 2050 g/mol. The molecular weight excluding hydrogens is 1960 g/mol. The van der Waals surface area contributed by atoms with Gasteiger partial charge in [0, 0.05) is 86.3 Å². The van der Waals surface area contributed by atoms with Crippen molar-refractivity contribution in [3.8, 4) is 33.8 Å². The van der Waals surface area contributed by atoms with Gasteiger partial charge >= 0.3 is 11.9 Å². The number of aromatic nitrogens is 3. The highest BCUT2D eigenvalue weighted by Crippen LogP contribution is 2.54. The smallest absolute Gasteiger partial charge is 0.341 e. The van der Waals surface area contributed by atoms with Crippen LogP contribution in [0.2, 0.25) is 30.1 Å². The average Bonchev–Trinajstić information content (AvgIpc) is 1.81. The number of primary sulfonamides is 2. The summed E-state index contributed by atoms with van der Waals surface area (Å²) in [5, 5.41) is 51.1. The fourth-order valence-corrected chi connectivity index (χ4v) is 26.6. The number of carbonyl (C=O) groups is 6. The summed E-state index contributed by atoms with van der Waals surface area (Å²) in [6.07, 6.45) is 9.74. The minimum absolute atomic E-state index is 0.148. The van der Waals surface area contributed by atoms with Gasteiger partial charge in [-0.25, -0.2) is 58.3 Å². The van der Waals surface area contributed by atoms with Crippen LogP contribution in [0.4, 0.5) is 30.2 Å². The Kier molecular flexibility index (Phi) is 28.1. The third-order valence-corrected chi connectivity index (χ3v) is 34.8. The van der Waals surface area contributed by atoms with Gasteiger partial charge in [0.05, 0.1) is 120 Å². The van der Waals surface area contributed by atoms with E-state index in [9.17, 15) is 63.5 Å². The van der Waals surface area contributed by atoms with Gasteiger partial charge in [-0.15, -0.1) is 0 Å². The number of carbonyl (C=O) groups excluding carboxylic acids is 5. The Bertz CT molecular complexity index is 6540. The third-order valence-electron chi connectivity index (χ3n) is 28.0. The molecule has 42 heteroatoms. The molecular formula is C94H93Cl6F3N8O22S3. The van der Waals surface area contributed by atoms with Crippen LogP contribution in [-0.2, 0) is 83.0 Å². The Hall–Kier alpha value is -8.93. The lowest BCUT2D eigenvalue weighted by Crippen LogP contribution is -2.43. The highest BCUT2D eigenvalue weighted by atomic mass is 35.5. The van der Waals surface area contributed by atoms with E-state index in [1.165, 1.54) is 41.3 Å². The molecule has 136 heavy (non-hydrogen) atoms. The van der Waals surface area contributed by atoms with Gasteiger partial charge in [0.25, 0.3) is 0 Å². The van der Waals surface area contributed by atoms with Gasteiger partial charge in [-0.1, -0.05) is 103 Å². The second kappa shape index (κ2) is 39.3. The molecule has 0 spiro atoms. The maximum Gasteiger partial charge on any atom is 0.341 e. The van der Waals surface area contributed by atoms with Crippen LogP contribution in [0.5, 0.6) is 0 Å². The number of nitrogens with two attached hydrogens (primary N) is 2. The molecule has 9 aliphatic carbocycles. The number of aliphatic hydroxyl groups is 2. The first-order valence-electron chi connectivity index (χ1n) is 45.0. The number of hydrogen-bond donors (Lipinski definition) is 5. The molecule has 9 saturated carbocycles. The Morgan fingerprint density at radius 2 is 0.743 bits per heavy atom. The lowest BCUT2D eigenvalue weighted by atomic mass is 10.0. The Morgan fingerprint density at radius 1 is 0.419 bits per heavy atom. The zero-order chi connectivity index (χ0) is 96.2. The summed E-state index contributed by atoms with van der Waals surface area (Å²) in [7, 11) is -11.3. The van der Waals surface area contributed by atoms with Crippen LogP contribution in [0.15, 0.2) is 123 Å². The number of hydrogen-bond acceptors (Lipinski definition) is 24. The third kappa shape index (κ3) is 19.8. The van der Waals surface area contributed by atoms with E-state index in [0.717, 1.165) is 97.1 Å². The number of sulfonamides is 2. The summed E-state index contributed by atoms with van der Waals surface area (Å²) in [6, 6.07) is 26.6. The van der Waals surface area contributed by atoms with E-state index in [4.69, 9.17) is 123 Å². The number of anilines is 3. The summed E-state index contributed by atoms with van der Waals surface area (Å²) in [5.41, 5.74) is 5.57.